The van der Waals surface area contributed by atoms with Gasteiger partial charge in [-0.15, -0.1) is 0 Å². The largest absolute Gasteiger partial charge is 0.235 e. The zero-order valence-electron chi connectivity index (χ0n) is 7.83. The molecular weight excluding hydrogens is 238 g/mol. The number of aryl methyl sites for hydroxylation is 1. The molecule has 0 aliphatic rings. The Bertz CT molecular complexity index is 434. The van der Waals surface area contributed by atoms with Gasteiger partial charge >= 0.3 is 0 Å². The molecule has 1 rings (SSSR count). The number of nitriles is 1. The van der Waals surface area contributed by atoms with Crippen LogP contribution in [0.15, 0.2) is 22.9 Å². The molecule has 0 aliphatic heterocycles. The van der Waals surface area contributed by atoms with Gasteiger partial charge in [0.1, 0.15) is 11.8 Å². The van der Waals surface area contributed by atoms with Crippen molar-refractivity contribution >= 4 is 33.9 Å². The first-order chi connectivity index (χ1) is 6.42. The smallest absolute Gasteiger partial charge is 0.139 e. The molecule has 14 heavy (non-hydrogen) atoms. The van der Waals surface area contributed by atoms with Crippen LogP contribution in [0, 0.1) is 18.3 Å². The first-order valence-corrected chi connectivity index (χ1v) is 7.92. The average molecular weight is 247 g/mol. The Hall–Kier alpha value is -0.480. The van der Waals surface area contributed by atoms with E-state index in [0.717, 1.165) is 5.56 Å². The Morgan fingerprint density at radius 1 is 1.43 bits per heavy atom. The third-order valence-corrected chi connectivity index (χ3v) is 2.58. The van der Waals surface area contributed by atoms with E-state index >= 15 is 0 Å². The van der Waals surface area contributed by atoms with Crippen molar-refractivity contribution in [2.45, 2.75) is 6.92 Å². The summed E-state index contributed by atoms with van der Waals surface area (Å²) in [6, 6.07) is 7.44. The Balaban J connectivity index is 3.34. The highest BCUT2D eigenvalue weighted by Gasteiger charge is 2.06. The lowest BCUT2D eigenvalue weighted by Crippen LogP contribution is -1.77. The molecule has 0 unspecified atom stereocenters. The minimum absolute atomic E-state index is 0.503. The highest BCUT2D eigenvalue weighted by molar-refractivity contribution is 8.09. The predicted molar refractivity (Wildman–Crippen MR) is 62.5 cm³/mol. The van der Waals surface area contributed by atoms with Crippen LogP contribution < -0.4 is 0 Å². The average Bonchev–Trinajstić information content (AvgIpc) is 2.01. The predicted octanol–water partition coefficient (Wildman–Crippen LogP) is 4.64. The molecule has 0 aliphatic carbocycles. The number of rotatable bonds is 1. The molecular formula is C9H9Cl2N2P. The number of benzene rings is 1. The van der Waals surface area contributed by atoms with Crippen LogP contribution in [0.5, 0.6) is 0 Å². The van der Waals surface area contributed by atoms with Crippen molar-refractivity contribution in [2.75, 3.05) is 6.66 Å². The van der Waals surface area contributed by atoms with Crippen molar-refractivity contribution in [3.8, 4) is 6.07 Å². The van der Waals surface area contributed by atoms with Gasteiger partial charge in [0.25, 0.3) is 0 Å². The van der Waals surface area contributed by atoms with Gasteiger partial charge in [0.05, 0.1) is 11.3 Å². The molecule has 1 aromatic carbocycles. The van der Waals surface area contributed by atoms with Crippen LogP contribution in [0.1, 0.15) is 11.1 Å². The van der Waals surface area contributed by atoms with Crippen molar-refractivity contribution in [1.29, 1.82) is 5.26 Å². The SMILES string of the molecule is Cc1ccc(C#N)c(N=P(C)(Cl)Cl)c1. The van der Waals surface area contributed by atoms with E-state index in [1.807, 2.05) is 19.1 Å². The minimum atomic E-state index is -2.28. The van der Waals surface area contributed by atoms with E-state index in [-0.39, 0.29) is 0 Å². The summed E-state index contributed by atoms with van der Waals surface area (Å²) in [6.07, 6.45) is 0. The lowest BCUT2D eigenvalue weighted by molar-refractivity contribution is 1.40. The maximum Gasteiger partial charge on any atom is 0.139 e. The summed E-state index contributed by atoms with van der Waals surface area (Å²) < 4.78 is 4.14. The van der Waals surface area contributed by atoms with E-state index < -0.39 is 5.76 Å². The Labute approximate surface area is 93.1 Å². The van der Waals surface area contributed by atoms with Gasteiger partial charge in [0.15, 0.2) is 0 Å². The van der Waals surface area contributed by atoms with Gasteiger partial charge in [-0.2, -0.15) is 5.26 Å². The Kier molecular flexibility index (Phi) is 3.61. The number of halogens is 2. The van der Waals surface area contributed by atoms with Crippen molar-refractivity contribution < 1.29 is 0 Å². The standard InChI is InChI=1S/C9H9Cl2N2P/c1-7-3-4-8(6-12)9(5-7)13-14(2,10)11/h3-5H,1-2H3. The van der Waals surface area contributed by atoms with Gasteiger partial charge in [-0.3, -0.25) is 0 Å². The first-order valence-electron chi connectivity index (χ1n) is 3.92. The molecule has 0 heterocycles. The summed E-state index contributed by atoms with van der Waals surface area (Å²) >= 11 is 11.7. The second kappa shape index (κ2) is 4.36. The Morgan fingerprint density at radius 3 is 2.57 bits per heavy atom. The van der Waals surface area contributed by atoms with Crippen LogP contribution in [0.2, 0.25) is 0 Å². The van der Waals surface area contributed by atoms with E-state index in [1.165, 1.54) is 0 Å². The Morgan fingerprint density at radius 2 is 2.07 bits per heavy atom. The molecule has 0 atom stereocenters. The third-order valence-electron chi connectivity index (χ3n) is 1.56. The van der Waals surface area contributed by atoms with Crippen LogP contribution in [-0.2, 0) is 0 Å². The first kappa shape index (κ1) is 11.6. The van der Waals surface area contributed by atoms with Crippen LogP contribution in [0.25, 0.3) is 0 Å². The third kappa shape index (κ3) is 3.35. The number of hydrogen-bond donors (Lipinski definition) is 0. The molecule has 0 amide bonds. The fourth-order valence-electron chi connectivity index (χ4n) is 1.01. The maximum atomic E-state index is 8.82. The van der Waals surface area contributed by atoms with Gasteiger partial charge in [0.2, 0.25) is 0 Å². The van der Waals surface area contributed by atoms with Crippen LogP contribution in [0.4, 0.5) is 5.69 Å². The number of hydrogen-bond acceptors (Lipinski definition) is 2. The van der Waals surface area contributed by atoms with E-state index in [1.54, 1.807) is 12.7 Å². The van der Waals surface area contributed by atoms with E-state index in [9.17, 15) is 0 Å². The molecule has 0 saturated carbocycles. The summed E-state index contributed by atoms with van der Waals surface area (Å²) in [5.41, 5.74) is 2.11. The van der Waals surface area contributed by atoms with Crippen molar-refractivity contribution in [1.82, 2.24) is 0 Å². The molecule has 0 radical (unpaired) electrons. The summed E-state index contributed by atoms with van der Waals surface area (Å²) in [5.74, 6) is -2.28. The second-order valence-corrected chi connectivity index (χ2v) is 9.16. The molecule has 0 spiro atoms. The highest BCUT2D eigenvalue weighted by Crippen LogP contribution is 2.58. The highest BCUT2D eigenvalue weighted by atomic mass is 35.9. The van der Waals surface area contributed by atoms with Crippen molar-refractivity contribution in [2.24, 2.45) is 4.74 Å². The normalized spacial score (nSPS) is 10.8. The number of nitrogens with zero attached hydrogens (tertiary/aromatic N) is 2. The van der Waals surface area contributed by atoms with E-state index in [4.69, 9.17) is 27.7 Å². The molecule has 0 N–H and O–H groups in total. The summed E-state index contributed by atoms with van der Waals surface area (Å²) in [7, 11) is 0. The fourth-order valence-corrected chi connectivity index (χ4v) is 2.04. The fraction of sp³-hybridized carbons (Fsp3) is 0.222. The van der Waals surface area contributed by atoms with E-state index in [2.05, 4.69) is 10.8 Å². The molecule has 0 saturated heterocycles. The van der Waals surface area contributed by atoms with Crippen molar-refractivity contribution in [3.05, 3.63) is 29.3 Å². The summed E-state index contributed by atoms with van der Waals surface area (Å²) in [6.45, 7) is 3.60. The lowest BCUT2D eigenvalue weighted by atomic mass is 10.1. The molecule has 5 heteroatoms. The van der Waals surface area contributed by atoms with Gasteiger partial charge in [-0.25, -0.2) is 4.74 Å². The monoisotopic (exact) mass is 246 g/mol. The summed E-state index contributed by atoms with van der Waals surface area (Å²) in [4.78, 5) is 0. The van der Waals surface area contributed by atoms with Crippen LogP contribution >= 0.6 is 28.2 Å². The van der Waals surface area contributed by atoms with Gasteiger partial charge in [-0.1, -0.05) is 28.5 Å². The van der Waals surface area contributed by atoms with E-state index in [0.29, 0.717) is 11.3 Å². The quantitative estimate of drug-likeness (QED) is 0.666. The van der Waals surface area contributed by atoms with Gasteiger partial charge < -0.3 is 0 Å². The zero-order valence-corrected chi connectivity index (χ0v) is 10.2. The lowest BCUT2D eigenvalue weighted by Gasteiger charge is -2.03. The maximum absolute atomic E-state index is 8.82. The molecule has 74 valence electrons. The molecule has 1 aromatic rings. The molecule has 0 aromatic heterocycles. The molecule has 0 fully saturated rings. The van der Waals surface area contributed by atoms with Crippen molar-refractivity contribution in [3.63, 3.8) is 0 Å². The molecule has 2 nitrogen and oxygen atoms in total. The van der Waals surface area contributed by atoms with Gasteiger partial charge in [0, 0.05) is 0 Å². The van der Waals surface area contributed by atoms with Gasteiger partial charge in [-0.05, 0) is 31.3 Å². The zero-order chi connectivity index (χ0) is 10.8. The van der Waals surface area contributed by atoms with Crippen LogP contribution in [0.3, 0.4) is 0 Å². The summed E-state index contributed by atoms with van der Waals surface area (Å²) in [5, 5.41) is 8.82. The minimum Gasteiger partial charge on any atom is -0.235 e. The second-order valence-electron chi connectivity index (χ2n) is 2.99. The molecule has 0 bridgehead atoms. The topological polar surface area (TPSA) is 36.1 Å². The van der Waals surface area contributed by atoms with Crippen LogP contribution in [-0.4, -0.2) is 6.66 Å².